The summed E-state index contributed by atoms with van der Waals surface area (Å²) in [6.45, 7) is 7.30. The standard InChI is InChI=1S/C17H26N2O2/c1-15(2)19(11-4-13-20)12-14-21-17-8-6-16(7-9-17)5-3-10-18/h6-9,15,20H,4,10-14,18H2,1-2H3. The van der Waals surface area contributed by atoms with Crippen LogP contribution in [-0.4, -0.2) is 48.9 Å². The molecule has 0 bridgehead atoms. The Labute approximate surface area is 127 Å². The Hall–Kier alpha value is -1.54. The van der Waals surface area contributed by atoms with Gasteiger partial charge in [-0.3, -0.25) is 4.90 Å². The van der Waals surface area contributed by atoms with E-state index in [9.17, 15) is 0 Å². The second kappa shape index (κ2) is 10.2. The summed E-state index contributed by atoms with van der Waals surface area (Å²) in [5.74, 6) is 6.65. The summed E-state index contributed by atoms with van der Waals surface area (Å²) >= 11 is 0. The Kier molecular flexibility index (Phi) is 8.53. The molecule has 0 saturated heterocycles. The number of aliphatic hydroxyl groups is 1. The third-order valence-electron chi connectivity index (χ3n) is 3.17. The van der Waals surface area contributed by atoms with Crippen LogP contribution >= 0.6 is 0 Å². The molecule has 4 heteroatoms. The van der Waals surface area contributed by atoms with Gasteiger partial charge in [-0.1, -0.05) is 11.8 Å². The molecule has 1 rings (SSSR count). The first kappa shape index (κ1) is 17.5. The summed E-state index contributed by atoms with van der Waals surface area (Å²) in [6, 6.07) is 8.17. The minimum atomic E-state index is 0.232. The maximum atomic E-state index is 8.91. The number of nitrogens with zero attached hydrogens (tertiary/aromatic N) is 1. The average molecular weight is 290 g/mol. The number of rotatable bonds is 8. The van der Waals surface area contributed by atoms with Gasteiger partial charge in [0, 0.05) is 31.3 Å². The Morgan fingerprint density at radius 1 is 1.24 bits per heavy atom. The highest BCUT2D eigenvalue weighted by molar-refractivity contribution is 5.38. The molecule has 116 valence electrons. The van der Waals surface area contributed by atoms with Gasteiger partial charge in [0.25, 0.3) is 0 Å². The summed E-state index contributed by atoms with van der Waals surface area (Å²) in [5, 5.41) is 8.91. The minimum Gasteiger partial charge on any atom is -0.492 e. The van der Waals surface area contributed by atoms with Crippen molar-refractivity contribution >= 4 is 0 Å². The molecule has 0 aliphatic carbocycles. The van der Waals surface area contributed by atoms with Crippen molar-refractivity contribution < 1.29 is 9.84 Å². The maximum absolute atomic E-state index is 8.91. The average Bonchev–Trinajstić information content (AvgIpc) is 2.49. The van der Waals surface area contributed by atoms with Crippen LogP contribution in [0.1, 0.15) is 25.8 Å². The molecule has 0 aliphatic heterocycles. The van der Waals surface area contributed by atoms with Crippen molar-refractivity contribution in [3.8, 4) is 17.6 Å². The van der Waals surface area contributed by atoms with Gasteiger partial charge in [0.2, 0.25) is 0 Å². The van der Waals surface area contributed by atoms with Gasteiger partial charge >= 0.3 is 0 Å². The van der Waals surface area contributed by atoms with Crippen LogP contribution in [0.3, 0.4) is 0 Å². The van der Waals surface area contributed by atoms with Crippen LogP contribution in [-0.2, 0) is 0 Å². The lowest BCUT2D eigenvalue weighted by Gasteiger charge is -2.26. The fraction of sp³-hybridized carbons (Fsp3) is 0.529. The first-order chi connectivity index (χ1) is 10.2. The lowest BCUT2D eigenvalue weighted by Crippen LogP contribution is -2.35. The predicted molar refractivity (Wildman–Crippen MR) is 86.3 cm³/mol. The van der Waals surface area contributed by atoms with Crippen LogP contribution in [0.5, 0.6) is 5.75 Å². The van der Waals surface area contributed by atoms with Crippen LogP contribution in [0.4, 0.5) is 0 Å². The van der Waals surface area contributed by atoms with Gasteiger partial charge in [-0.15, -0.1) is 0 Å². The van der Waals surface area contributed by atoms with Crippen molar-refractivity contribution in [1.29, 1.82) is 0 Å². The van der Waals surface area contributed by atoms with Crippen molar-refractivity contribution in [2.45, 2.75) is 26.3 Å². The largest absolute Gasteiger partial charge is 0.492 e. The topological polar surface area (TPSA) is 58.7 Å². The first-order valence-electron chi connectivity index (χ1n) is 7.44. The summed E-state index contributed by atoms with van der Waals surface area (Å²) in [5.41, 5.74) is 6.28. The molecule has 0 saturated carbocycles. The monoisotopic (exact) mass is 290 g/mol. The molecule has 1 aromatic carbocycles. The number of ether oxygens (including phenoxy) is 1. The summed E-state index contributed by atoms with van der Waals surface area (Å²) < 4.78 is 5.75. The van der Waals surface area contributed by atoms with E-state index in [1.165, 1.54) is 0 Å². The minimum absolute atomic E-state index is 0.232. The molecule has 0 radical (unpaired) electrons. The molecule has 3 N–H and O–H groups in total. The third-order valence-corrected chi connectivity index (χ3v) is 3.17. The van der Waals surface area contributed by atoms with E-state index in [-0.39, 0.29) is 6.61 Å². The van der Waals surface area contributed by atoms with Gasteiger partial charge in [0.15, 0.2) is 0 Å². The van der Waals surface area contributed by atoms with Gasteiger partial charge in [-0.05, 0) is 44.5 Å². The van der Waals surface area contributed by atoms with E-state index in [0.29, 0.717) is 19.2 Å². The summed E-state index contributed by atoms with van der Waals surface area (Å²) in [7, 11) is 0. The van der Waals surface area contributed by atoms with Crippen molar-refractivity contribution in [2.75, 3.05) is 32.8 Å². The first-order valence-corrected chi connectivity index (χ1v) is 7.44. The molecule has 0 atom stereocenters. The van der Waals surface area contributed by atoms with E-state index in [1.54, 1.807) is 0 Å². The molecule has 0 unspecified atom stereocenters. The number of hydrogen-bond acceptors (Lipinski definition) is 4. The zero-order valence-electron chi connectivity index (χ0n) is 13.0. The van der Waals surface area contributed by atoms with E-state index in [0.717, 1.165) is 30.8 Å². The van der Waals surface area contributed by atoms with Gasteiger partial charge in [0.05, 0.1) is 6.54 Å². The lowest BCUT2D eigenvalue weighted by atomic mass is 10.2. The van der Waals surface area contributed by atoms with Crippen LogP contribution < -0.4 is 10.5 Å². The fourth-order valence-electron chi connectivity index (χ4n) is 1.97. The lowest BCUT2D eigenvalue weighted by molar-refractivity contribution is 0.160. The van der Waals surface area contributed by atoms with Crippen LogP contribution in [0.15, 0.2) is 24.3 Å². The van der Waals surface area contributed by atoms with Gasteiger partial charge in [-0.25, -0.2) is 0 Å². The van der Waals surface area contributed by atoms with E-state index in [1.807, 2.05) is 24.3 Å². The number of hydrogen-bond donors (Lipinski definition) is 2. The number of benzene rings is 1. The van der Waals surface area contributed by atoms with Gasteiger partial charge < -0.3 is 15.6 Å². The van der Waals surface area contributed by atoms with Crippen molar-refractivity contribution in [3.05, 3.63) is 29.8 Å². The molecular weight excluding hydrogens is 264 g/mol. The summed E-state index contributed by atoms with van der Waals surface area (Å²) in [4.78, 5) is 2.30. The maximum Gasteiger partial charge on any atom is 0.119 e. The molecule has 4 nitrogen and oxygen atoms in total. The smallest absolute Gasteiger partial charge is 0.119 e. The Morgan fingerprint density at radius 3 is 2.52 bits per heavy atom. The normalized spacial score (nSPS) is 10.6. The number of nitrogens with two attached hydrogens (primary N) is 1. The summed E-state index contributed by atoms with van der Waals surface area (Å²) in [6.07, 6.45) is 0.798. The molecule has 1 aromatic rings. The van der Waals surface area contributed by atoms with E-state index in [2.05, 4.69) is 30.6 Å². The molecule has 0 spiro atoms. The SMILES string of the molecule is CC(C)N(CCCO)CCOc1ccc(C#CCN)cc1. The Bertz CT molecular complexity index is 446. The van der Waals surface area contributed by atoms with Gasteiger partial charge in [0.1, 0.15) is 12.4 Å². The van der Waals surface area contributed by atoms with Gasteiger partial charge in [-0.2, -0.15) is 0 Å². The highest BCUT2D eigenvalue weighted by atomic mass is 16.5. The molecule has 0 fully saturated rings. The van der Waals surface area contributed by atoms with E-state index < -0.39 is 0 Å². The molecule has 0 aliphatic rings. The molecule has 0 aromatic heterocycles. The Morgan fingerprint density at radius 2 is 1.95 bits per heavy atom. The zero-order valence-corrected chi connectivity index (χ0v) is 13.0. The highest BCUT2D eigenvalue weighted by Gasteiger charge is 2.08. The quantitative estimate of drug-likeness (QED) is 0.712. The second-order valence-electron chi connectivity index (χ2n) is 5.09. The van der Waals surface area contributed by atoms with Crippen LogP contribution in [0.25, 0.3) is 0 Å². The Balaban J connectivity index is 2.40. The molecular formula is C17H26N2O2. The highest BCUT2D eigenvalue weighted by Crippen LogP contribution is 2.11. The van der Waals surface area contributed by atoms with Crippen molar-refractivity contribution in [1.82, 2.24) is 4.90 Å². The second-order valence-corrected chi connectivity index (χ2v) is 5.09. The zero-order chi connectivity index (χ0) is 15.5. The van der Waals surface area contributed by atoms with Crippen LogP contribution in [0.2, 0.25) is 0 Å². The molecule has 0 amide bonds. The molecule has 21 heavy (non-hydrogen) atoms. The van der Waals surface area contributed by atoms with Crippen LogP contribution in [0, 0.1) is 11.8 Å². The van der Waals surface area contributed by atoms with Crippen molar-refractivity contribution in [2.24, 2.45) is 5.73 Å². The predicted octanol–water partition coefficient (Wildman–Crippen LogP) is 1.47. The third kappa shape index (κ3) is 7.14. The fourth-order valence-corrected chi connectivity index (χ4v) is 1.97. The van der Waals surface area contributed by atoms with E-state index >= 15 is 0 Å². The van der Waals surface area contributed by atoms with Crippen molar-refractivity contribution in [3.63, 3.8) is 0 Å². The molecule has 0 heterocycles. The number of aliphatic hydroxyl groups excluding tert-OH is 1. The van der Waals surface area contributed by atoms with E-state index in [4.69, 9.17) is 15.6 Å².